The van der Waals surface area contributed by atoms with Gasteiger partial charge in [-0.2, -0.15) is 9.40 Å². The fourth-order valence-corrected chi connectivity index (χ4v) is 6.92. The molecule has 0 radical (unpaired) electrons. The molecule has 1 amide bonds. The maximum absolute atomic E-state index is 13.8. The fourth-order valence-electron chi connectivity index (χ4n) is 5.27. The Hall–Kier alpha value is -3.03. The molecule has 40 heavy (non-hydrogen) atoms. The number of nitrogens with zero attached hydrogens (tertiary/aromatic N) is 2. The molecule has 1 aromatic heterocycles. The number of benzene rings is 2. The van der Waals surface area contributed by atoms with Crippen LogP contribution in [0.3, 0.4) is 0 Å². The van der Waals surface area contributed by atoms with Crippen LogP contribution in [0.4, 0.5) is 4.79 Å². The highest BCUT2D eigenvalue weighted by atomic mass is 32.2. The number of aromatic nitrogens is 2. The van der Waals surface area contributed by atoms with E-state index in [0.29, 0.717) is 12.0 Å². The van der Waals surface area contributed by atoms with Crippen LogP contribution >= 0.6 is 0 Å². The standard InChI is InChI=1S/C28H36N4O7S/c1-18(2)15-32(40(35,36)21-8-9-23-20(13-21)14-29-31-23)16-25(33)24(12-19-6-4-3-5-7-19)30-28(34)39-26-17-38-27-22(26)10-11-37-27/h3-9,13-14,18,22,24-27,33H,10-12,15-17H2,1-2H3,(H,29,31)(H,30,34)/t22?,24-,25+,26?,27?/m0/s1. The van der Waals surface area contributed by atoms with Gasteiger partial charge in [0.15, 0.2) is 6.29 Å². The first-order valence-electron chi connectivity index (χ1n) is 13.6. The van der Waals surface area contributed by atoms with E-state index in [9.17, 15) is 18.3 Å². The van der Waals surface area contributed by atoms with Crippen LogP contribution in [-0.2, 0) is 30.7 Å². The third-order valence-electron chi connectivity index (χ3n) is 7.32. The molecule has 3 aromatic rings. The van der Waals surface area contributed by atoms with Gasteiger partial charge in [0.2, 0.25) is 10.0 Å². The lowest BCUT2D eigenvalue weighted by atomic mass is 10.0. The number of sulfonamides is 1. The average Bonchev–Trinajstić information content (AvgIpc) is 3.66. The first-order chi connectivity index (χ1) is 19.2. The normalized spacial score (nSPS) is 22.5. The van der Waals surface area contributed by atoms with Gasteiger partial charge in [-0.3, -0.25) is 5.10 Å². The van der Waals surface area contributed by atoms with Crippen LogP contribution in [-0.4, -0.2) is 85.0 Å². The number of hydrogen-bond donors (Lipinski definition) is 3. The van der Waals surface area contributed by atoms with E-state index in [-0.39, 0.29) is 49.1 Å². The molecule has 3 heterocycles. The van der Waals surface area contributed by atoms with Gasteiger partial charge in [0.25, 0.3) is 0 Å². The monoisotopic (exact) mass is 572 g/mol. The van der Waals surface area contributed by atoms with Gasteiger partial charge in [-0.25, -0.2) is 13.2 Å². The number of nitrogens with one attached hydrogen (secondary N) is 2. The number of alkyl carbamates (subject to hydrolysis) is 1. The molecule has 2 saturated heterocycles. The summed E-state index contributed by atoms with van der Waals surface area (Å²) in [4.78, 5) is 13.1. The Morgan fingerprint density at radius 2 is 2.00 bits per heavy atom. The summed E-state index contributed by atoms with van der Waals surface area (Å²) in [6.07, 6.45) is -0.130. The number of fused-ring (bicyclic) bond motifs is 2. The molecule has 0 saturated carbocycles. The fraction of sp³-hybridized carbons (Fsp3) is 0.500. The van der Waals surface area contributed by atoms with E-state index < -0.39 is 34.4 Å². The first-order valence-corrected chi connectivity index (χ1v) is 15.0. The first kappa shape index (κ1) is 28.5. The van der Waals surface area contributed by atoms with Crippen molar-refractivity contribution in [2.75, 3.05) is 26.3 Å². The predicted molar refractivity (Wildman–Crippen MR) is 147 cm³/mol. The summed E-state index contributed by atoms with van der Waals surface area (Å²) in [5.41, 5.74) is 1.60. The minimum atomic E-state index is -3.97. The molecule has 3 unspecified atom stereocenters. The Labute approximate surface area is 233 Å². The smallest absolute Gasteiger partial charge is 0.407 e. The molecule has 2 aliphatic heterocycles. The van der Waals surface area contributed by atoms with E-state index in [4.69, 9.17) is 14.2 Å². The number of aromatic amines is 1. The number of amides is 1. The minimum Gasteiger partial charge on any atom is -0.443 e. The second kappa shape index (κ2) is 12.2. The van der Waals surface area contributed by atoms with Gasteiger partial charge < -0.3 is 24.6 Å². The Bertz CT molecular complexity index is 1400. The second-order valence-corrected chi connectivity index (χ2v) is 12.7. The molecule has 216 valence electrons. The van der Waals surface area contributed by atoms with Crippen molar-refractivity contribution in [1.82, 2.24) is 19.8 Å². The lowest BCUT2D eigenvalue weighted by Gasteiger charge is -2.31. The van der Waals surface area contributed by atoms with Crippen molar-refractivity contribution in [2.45, 2.75) is 56.1 Å². The number of carbonyl (C=O) groups is 1. The quantitative estimate of drug-likeness (QED) is 0.318. The SMILES string of the molecule is CC(C)CN(C[C@@H](O)[C@H](Cc1ccccc1)NC(=O)OC1COC2OCCC12)S(=O)(=O)c1ccc2[nH]ncc2c1. The number of H-pyrrole nitrogens is 1. The number of aliphatic hydroxyl groups is 1. The van der Waals surface area contributed by atoms with Gasteiger partial charge in [-0.15, -0.1) is 0 Å². The van der Waals surface area contributed by atoms with E-state index in [1.54, 1.807) is 18.3 Å². The lowest BCUT2D eigenvalue weighted by molar-refractivity contribution is -0.0907. The Morgan fingerprint density at radius 1 is 1.20 bits per heavy atom. The van der Waals surface area contributed by atoms with Crippen molar-refractivity contribution < 1.29 is 32.5 Å². The summed E-state index contributed by atoms with van der Waals surface area (Å²) < 4.78 is 45.5. The highest BCUT2D eigenvalue weighted by molar-refractivity contribution is 7.89. The van der Waals surface area contributed by atoms with Crippen molar-refractivity contribution in [3.63, 3.8) is 0 Å². The topological polar surface area (TPSA) is 143 Å². The molecule has 0 aliphatic carbocycles. The number of hydrogen-bond acceptors (Lipinski definition) is 8. The third kappa shape index (κ3) is 6.47. The molecule has 0 bridgehead atoms. The number of ether oxygens (including phenoxy) is 3. The summed E-state index contributed by atoms with van der Waals surface area (Å²) in [5.74, 6) is -0.0310. The van der Waals surface area contributed by atoms with Gasteiger partial charge >= 0.3 is 6.09 Å². The maximum atomic E-state index is 13.8. The van der Waals surface area contributed by atoms with E-state index in [1.165, 1.54) is 10.4 Å². The van der Waals surface area contributed by atoms with Crippen LogP contribution in [0, 0.1) is 11.8 Å². The zero-order valence-electron chi connectivity index (χ0n) is 22.6. The van der Waals surface area contributed by atoms with Gasteiger partial charge in [-0.05, 0) is 42.5 Å². The molecule has 11 nitrogen and oxygen atoms in total. The highest BCUT2D eigenvalue weighted by Crippen LogP contribution is 2.33. The summed E-state index contributed by atoms with van der Waals surface area (Å²) in [6.45, 7) is 4.60. The zero-order valence-corrected chi connectivity index (χ0v) is 23.4. The van der Waals surface area contributed by atoms with Gasteiger partial charge in [0.05, 0.1) is 47.9 Å². The van der Waals surface area contributed by atoms with Crippen LogP contribution in [0.5, 0.6) is 0 Å². The molecular formula is C28H36N4O7S. The summed E-state index contributed by atoms with van der Waals surface area (Å²) in [6, 6.07) is 13.3. The minimum absolute atomic E-state index is 0.00549. The highest BCUT2D eigenvalue weighted by Gasteiger charge is 2.44. The third-order valence-corrected chi connectivity index (χ3v) is 9.15. The van der Waals surface area contributed by atoms with E-state index >= 15 is 0 Å². The molecule has 3 N–H and O–H groups in total. The summed E-state index contributed by atoms with van der Waals surface area (Å²) in [7, 11) is -3.97. The van der Waals surface area contributed by atoms with E-state index in [0.717, 1.165) is 17.5 Å². The Morgan fingerprint density at radius 3 is 2.77 bits per heavy atom. The number of aliphatic hydroxyl groups excluding tert-OH is 1. The van der Waals surface area contributed by atoms with Gasteiger partial charge in [-0.1, -0.05) is 44.2 Å². The van der Waals surface area contributed by atoms with Crippen LogP contribution in [0.25, 0.3) is 10.9 Å². The van der Waals surface area contributed by atoms with Crippen molar-refractivity contribution in [1.29, 1.82) is 0 Å². The second-order valence-electron chi connectivity index (χ2n) is 10.8. The zero-order chi connectivity index (χ0) is 28.3. The lowest BCUT2D eigenvalue weighted by Crippen LogP contribution is -2.51. The van der Waals surface area contributed by atoms with Crippen LogP contribution in [0.1, 0.15) is 25.8 Å². The van der Waals surface area contributed by atoms with Crippen LogP contribution in [0.2, 0.25) is 0 Å². The molecule has 2 aromatic carbocycles. The molecule has 5 atom stereocenters. The molecule has 0 spiro atoms. The molecule has 2 aliphatic rings. The maximum Gasteiger partial charge on any atom is 0.407 e. The summed E-state index contributed by atoms with van der Waals surface area (Å²) >= 11 is 0. The molecule has 2 fully saturated rings. The van der Waals surface area contributed by atoms with Gasteiger partial charge in [0, 0.05) is 18.5 Å². The molecule has 5 rings (SSSR count). The van der Waals surface area contributed by atoms with Crippen molar-refractivity contribution >= 4 is 27.0 Å². The Balaban J connectivity index is 1.34. The number of rotatable bonds is 11. The summed E-state index contributed by atoms with van der Waals surface area (Å²) in [5, 5.41) is 21.7. The molecular weight excluding hydrogens is 536 g/mol. The van der Waals surface area contributed by atoms with E-state index in [2.05, 4.69) is 15.5 Å². The van der Waals surface area contributed by atoms with Crippen molar-refractivity contribution in [3.8, 4) is 0 Å². The van der Waals surface area contributed by atoms with Crippen molar-refractivity contribution in [2.24, 2.45) is 11.8 Å². The Kier molecular flexibility index (Phi) is 8.71. The van der Waals surface area contributed by atoms with E-state index in [1.807, 2.05) is 44.2 Å². The molecule has 12 heteroatoms. The average molecular weight is 573 g/mol. The van der Waals surface area contributed by atoms with Crippen molar-refractivity contribution in [3.05, 3.63) is 60.3 Å². The number of carbonyl (C=O) groups excluding carboxylic acids is 1. The van der Waals surface area contributed by atoms with Gasteiger partial charge in [0.1, 0.15) is 6.10 Å². The predicted octanol–water partition coefficient (Wildman–Crippen LogP) is 2.67. The van der Waals surface area contributed by atoms with Crippen LogP contribution < -0.4 is 5.32 Å². The largest absolute Gasteiger partial charge is 0.443 e. The van der Waals surface area contributed by atoms with Crippen LogP contribution in [0.15, 0.2) is 59.6 Å².